The minimum Gasteiger partial charge on any atom is -0.155 e. The summed E-state index contributed by atoms with van der Waals surface area (Å²) in [5.74, 6) is 0. The number of hydrogen-bond donors (Lipinski definition) is 0. The molecule has 58 valence electrons. The van der Waals surface area contributed by atoms with Gasteiger partial charge >= 0.3 is 0 Å². The average molecular weight is 195 g/mol. The van der Waals surface area contributed by atoms with Crippen molar-refractivity contribution < 1.29 is 0 Å². The molecule has 1 aliphatic carbocycles. The molecule has 1 aliphatic rings. The Morgan fingerprint density at radius 3 is 2.40 bits per heavy atom. The highest BCUT2D eigenvalue weighted by atomic mass is 35.7. The van der Waals surface area contributed by atoms with Crippen molar-refractivity contribution in [2.45, 2.75) is 19.8 Å². The predicted octanol–water partition coefficient (Wildman–Crippen LogP) is 2.75. The van der Waals surface area contributed by atoms with E-state index >= 15 is 0 Å². The largest absolute Gasteiger partial charge is 0.222 e. The van der Waals surface area contributed by atoms with Gasteiger partial charge in [0.1, 0.15) is 0 Å². The van der Waals surface area contributed by atoms with Gasteiger partial charge in [0.15, 0.2) is 0 Å². The quantitative estimate of drug-likeness (QED) is 0.445. The topological polar surface area (TPSA) is 0 Å². The molecule has 0 nitrogen and oxygen atoms in total. The van der Waals surface area contributed by atoms with Gasteiger partial charge in [-0.15, -0.1) is 0 Å². The first-order valence-corrected chi connectivity index (χ1v) is 7.60. The van der Waals surface area contributed by atoms with E-state index in [2.05, 4.69) is 25.2 Å². The summed E-state index contributed by atoms with van der Waals surface area (Å²) in [7, 11) is -0.639. The van der Waals surface area contributed by atoms with E-state index < -0.39 is 8.14 Å². The van der Waals surface area contributed by atoms with Crippen molar-refractivity contribution in [1.29, 1.82) is 0 Å². The van der Waals surface area contributed by atoms with Crippen molar-refractivity contribution in [1.82, 2.24) is 0 Å². The van der Waals surface area contributed by atoms with Crippen molar-refractivity contribution in [3.63, 3.8) is 0 Å². The van der Waals surface area contributed by atoms with E-state index in [0.717, 1.165) is 6.42 Å². The van der Waals surface area contributed by atoms with E-state index in [1.807, 2.05) is 0 Å². The zero-order chi connectivity index (χ0) is 7.82. The van der Waals surface area contributed by atoms with Gasteiger partial charge in [0.25, 0.3) is 0 Å². The van der Waals surface area contributed by atoms with Gasteiger partial charge in [-0.25, -0.2) is 0 Å². The van der Waals surface area contributed by atoms with Crippen LogP contribution >= 0.6 is 22.2 Å². The first-order valence-electron chi connectivity index (χ1n) is 3.32. The van der Waals surface area contributed by atoms with Crippen LogP contribution in [0.2, 0.25) is 0 Å². The summed E-state index contributed by atoms with van der Waals surface area (Å²) in [5.41, 5.74) is 1.49. The van der Waals surface area contributed by atoms with Crippen LogP contribution in [0.1, 0.15) is 19.8 Å². The Morgan fingerprint density at radius 2 is 2.20 bits per heavy atom. The van der Waals surface area contributed by atoms with E-state index in [4.69, 9.17) is 22.2 Å². The molecule has 0 amide bonds. The molecular formula is C7H12Cl2Si. The summed E-state index contributed by atoms with van der Waals surface area (Å²) < 4.78 is 0. The van der Waals surface area contributed by atoms with Crippen molar-refractivity contribution in [3.05, 3.63) is 23.8 Å². The lowest BCUT2D eigenvalue weighted by atomic mass is 10.2. The molecule has 0 saturated heterocycles. The maximum atomic E-state index is 4.90. The van der Waals surface area contributed by atoms with Gasteiger partial charge in [-0.3, -0.25) is 0 Å². The molecule has 0 aromatic heterocycles. The SMILES string of the molecule is CCC1=CCC=C1.Cl[SiH2]Cl. The van der Waals surface area contributed by atoms with E-state index in [1.165, 1.54) is 12.0 Å². The molecule has 0 atom stereocenters. The maximum absolute atomic E-state index is 4.90. The minimum absolute atomic E-state index is 0.639. The average Bonchev–Trinajstić information content (AvgIpc) is 2.39. The standard InChI is InChI=1S/C7H10.Cl2H2Si/c1-2-7-5-3-4-6-7;1-3-2/h3,5-6H,2,4H2,1H3;3H2. The zero-order valence-corrected chi connectivity index (χ0v) is 9.04. The molecule has 0 spiro atoms. The Labute approximate surface area is 74.1 Å². The molecule has 1 rings (SSSR count). The smallest absolute Gasteiger partial charge is 0.155 e. The van der Waals surface area contributed by atoms with E-state index in [9.17, 15) is 0 Å². The number of halogens is 2. The summed E-state index contributed by atoms with van der Waals surface area (Å²) in [5, 5.41) is 0. The first-order chi connectivity index (χ1) is 4.85. The second-order valence-corrected chi connectivity index (χ2v) is 4.50. The summed E-state index contributed by atoms with van der Waals surface area (Å²) in [6, 6.07) is 0. The number of allylic oxidation sites excluding steroid dienone is 4. The van der Waals surface area contributed by atoms with Crippen LogP contribution in [0.15, 0.2) is 23.8 Å². The second kappa shape index (κ2) is 7.38. The Balaban J connectivity index is 0.000000236. The molecule has 0 aliphatic heterocycles. The molecule has 0 aromatic carbocycles. The van der Waals surface area contributed by atoms with Crippen LogP contribution in [0, 0.1) is 0 Å². The monoisotopic (exact) mass is 194 g/mol. The van der Waals surface area contributed by atoms with E-state index in [0.29, 0.717) is 0 Å². The molecule has 0 aromatic rings. The van der Waals surface area contributed by atoms with Crippen LogP contribution < -0.4 is 0 Å². The molecular weight excluding hydrogens is 183 g/mol. The Bertz CT molecular complexity index is 130. The van der Waals surface area contributed by atoms with E-state index in [-0.39, 0.29) is 0 Å². The Kier molecular flexibility index (Phi) is 7.59. The van der Waals surface area contributed by atoms with E-state index in [1.54, 1.807) is 0 Å². The van der Waals surface area contributed by atoms with Crippen molar-refractivity contribution in [2.24, 2.45) is 0 Å². The van der Waals surface area contributed by atoms with Crippen LogP contribution in [-0.4, -0.2) is 8.14 Å². The third-order valence-electron chi connectivity index (χ3n) is 1.26. The predicted molar refractivity (Wildman–Crippen MR) is 52.4 cm³/mol. The Hall–Kier alpha value is 0.277. The molecule has 3 heteroatoms. The molecule has 0 heterocycles. The number of hydrogen-bond acceptors (Lipinski definition) is 0. The van der Waals surface area contributed by atoms with Crippen molar-refractivity contribution in [2.75, 3.05) is 0 Å². The highest BCUT2D eigenvalue weighted by Crippen LogP contribution is 2.10. The lowest BCUT2D eigenvalue weighted by Gasteiger charge is -1.84. The van der Waals surface area contributed by atoms with Gasteiger partial charge < -0.3 is 0 Å². The third-order valence-corrected chi connectivity index (χ3v) is 1.26. The molecule has 10 heavy (non-hydrogen) atoms. The maximum Gasteiger partial charge on any atom is 0.222 e. The van der Waals surface area contributed by atoms with Gasteiger partial charge in [-0.1, -0.05) is 30.7 Å². The van der Waals surface area contributed by atoms with Crippen LogP contribution in [-0.2, 0) is 0 Å². The summed E-state index contributed by atoms with van der Waals surface area (Å²) >= 11 is 9.81. The minimum atomic E-state index is -0.639. The van der Waals surface area contributed by atoms with Crippen molar-refractivity contribution in [3.8, 4) is 0 Å². The van der Waals surface area contributed by atoms with Gasteiger partial charge in [-0.2, -0.15) is 22.2 Å². The van der Waals surface area contributed by atoms with Gasteiger partial charge in [-0.05, 0) is 12.8 Å². The van der Waals surface area contributed by atoms with Crippen LogP contribution in [0.4, 0.5) is 0 Å². The van der Waals surface area contributed by atoms with Gasteiger partial charge in [0, 0.05) is 0 Å². The zero-order valence-electron chi connectivity index (χ0n) is 6.11. The molecule has 0 bridgehead atoms. The summed E-state index contributed by atoms with van der Waals surface area (Å²) in [4.78, 5) is 0. The fraction of sp³-hybridized carbons (Fsp3) is 0.429. The van der Waals surface area contributed by atoms with Crippen molar-refractivity contribution >= 4 is 30.3 Å². The molecule has 0 fully saturated rings. The molecule has 0 radical (unpaired) electrons. The highest BCUT2D eigenvalue weighted by Gasteiger charge is 1.90. The summed E-state index contributed by atoms with van der Waals surface area (Å²) in [6.45, 7) is 2.18. The second-order valence-electron chi connectivity index (χ2n) is 1.87. The van der Waals surface area contributed by atoms with Gasteiger partial charge in [0.05, 0.1) is 0 Å². The lowest BCUT2D eigenvalue weighted by molar-refractivity contribution is 1.15. The highest BCUT2D eigenvalue weighted by molar-refractivity contribution is 7.22. The first kappa shape index (κ1) is 10.3. The molecule has 0 saturated carbocycles. The molecule has 0 N–H and O–H groups in total. The Morgan fingerprint density at radius 1 is 1.60 bits per heavy atom. The molecule has 0 unspecified atom stereocenters. The number of rotatable bonds is 1. The summed E-state index contributed by atoms with van der Waals surface area (Å²) in [6.07, 6.45) is 9.00. The lowest BCUT2D eigenvalue weighted by Crippen LogP contribution is -1.64. The fourth-order valence-electron chi connectivity index (χ4n) is 0.769. The fourth-order valence-corrected chi connectivity index (χ4v) is 0.769. The van der Waals surface area contributed by atoms with Gasteiger partial charge in [0.2, 0.25) is 8.14 Å². The normalized spacial score (nSPS) is 14.1. The van der Waals surface area contributed by atoms with Crippen LogP contribution in [0.25, 0.3) is 0 Å². The van der Waals surface area contributed by atoms with Crippen LogP contribution in [0.3, 0.4) is 0 Å². The third kappa shape index (κ3) is 5.09. The van der Waals surface area contributed by atoms with Crippen LogP contribution in [0.5, 0.6) is 0 Å².